The summed E-state index contributed by atoms with van der Waals surface area (Å²) in [5.41, 5.74) is 1.61. The lowest BCUT2D eigenvalue weighted by Gasteiger charge is -2.07. The first-order valence-corrected chi connectivity index (χ1v) is 8.57. The van der Waals surface area contributed by atoms with Crippen LogP contribution in [-0.2, 0) is 23.6 Å². The molecule has 0 bridgehead atoms. The average molecular weight is 373 g/mol. The number of nitrogens with one attached hydrogen (secondary N) is 2. The third-order valence-corrected chi connectivity index (χ3v) is 5.17. The fraction of sp³-hybridized carbons (Fsp3) is 0.308. The van der Waals surface area contributed by atoms with Crippen LogP contribution >= 0.6 is 15.9 Å². The number of aromatic nitrogens is 2. The molecule has 114 valence electrons. The fourth-order valence-corrected chi connectivity index (χ4v) is 3.19. The Hall–Kier alpha value is -1.38. The molecule has 0 fully saturated rings. The molecule has 0 aliphatic rings. The summed E-state index contributed by atoms with van der Waals surface area (Å²) in [4.78, 5) is 4.41. The van der Waals surface area contributed by atoms with Gasteiger partial charge in [0.1, 0.15) is 10.7 Å². The molecular formula is C13H17BrN4O2S. The zero-order chi connectivity index (χ0) is 15.6. The number of nitrogens with zero attached hydrogens (tertiary/aromatic N) is 2. The van der Waals surface area contributed by atoms with Crippen LogP contribution in [0.25, 0.3) is 0 Å². The highest BCUT2D eigenvalue weighted by Crippen LogP contribution is 2.20. The first kappa shape index (κ1) is 16.0. The molecule has 6 nitrogen and oxygen atoms in total. The van der Waals surface area contributed by atoms with Crippen LogP contribution < -0.4 is 10.0 Å². The highest BCUT2D eigenvalue weighted by atomic mass is 79.9. The summed E-state index contributed by atoms with van der Waals surface area (Å²) in [7, 11) is -0.0127. The van der Waals surface area contributed by atoms with Crippen molar-refractivity contribution in [1.29, 1.82) is 0 Å². The lowest BCUT2D eigenvalue weighted by Crippen LogP contribution is -2.13. The lowest BCUT2D eigenvalue weighted by molar-refractivity contribution is 0.601. The van der Waals surface area contributed by atoms with Crippen LogP contribution in [0.1, 0.15) is 11.4 Å². The molecule has 2 aromatic heterocycles. The summed E-state index contributed by atoms with van der Waals surface area (Å²) in [6.45, 7) is 2.40. The normalized spacial score (nSPS) is 11.6. The Morgan fingerprint density at radius 2 is 2.10 bits per heavy atom. The quantitative estimate of drug-likeness (QED) is 0.841. The van der Waals surface area contributed by atoms with E-state index in [4.69, 9.17) is 0 Å². The number of anilines is 1. The van der Waals surface area contributed by atoms with Gasteiger partial charge in [0.05, 0.1) is 5.69 Å². The van der Waals surface area contributed by atoms with Crippen LogP contribution in [0.5, 0.6) is 0 Å². The van der Waals surface area contributed by atoms with Gasteiger partial charge in [0.15, 0.2) is 0 Å². The van der Waals surface area contributed by atoms with E-state index in [1.807, 2.05) is 14.1 Å². The monoisotopic (exact) mass is 372 g/mol. The molecule has 0 aromatic carbocycles. The van der Waals surface area contributed by atoms with E-state index >= 15 is 0 Å². The Morgan fingerprint density at radius 1 is 1.38 bits per heavy atom. The highest BCUT2D eigenvalue weighted by molar-refractivity contribution is 9.10. The smallest absolute Gasteiger partial charge is 0.264 e. The van der Waals surface area contributed by atoms with Gasteiger partial charge in [-0.1, -0.05) is 0 Å². The van der Waals surface area contributed by atoms with Crippen LogP contribution in [0.3, 0.4) is 0 Å². The van der Waals surface area contributed by atoms with Crippen LogP contribution in [0, 0.1) is 6.92 Å². The van der Waals surface area contributed by atoms with Crippen molar-refractivity contribution in [3.63, 3.8) is 0 Å². The van der Waals surface area contributed by atoms with E-state index in [1.165, 1.54) is 0 Å². The Kier molecular flexibility index (Phi) is 4.70. The van der Waals surface area contributed by atoms with E-state index in [0.717, 1.165) is 15.9 Å². The summed E-state index contributed by atoms with van der Waals surface area (Å²) < 4.78 is 29.9. The summed E-state index contributed by atoms with van der Waals surface area (Å²) in [6.07, 6.45) is 1.58. The molecule has 0 radical (unpaired) electrons. The van der Waals surface area contributed by atoms with Gasteiger partial charge in [0.2, 0.25) is 0 Å². The van der Waals surface area contributed by atoms with Gasteiger partial charge in [0, 0.05) is 30.0 Å². The number of hydrogen-bond donors (Lipinski definition) is 2. The standard InChI is InChI=1S/C13H17BrN4O2S/c1-9-12(14)4-5-13(16-9)17-21(19,20)11-6-10(7-15-2)18(3)8-11/h4-6,8,15H,7H2,1-3H3,(H,16,17). The second kappa shape index (κ2) is 6.17. The summed E-state index contributed by atoms with van der Waals surface area (Å²) in [5.74, 6) is 0.301. The molecule has 0 aliphatic carbocycles. The molecule has 0 atom stereocenters. The molecule has 0 amide bonds. The number of pyridine rings is 1. The zero-order valence-corrected chi connectivity index (χ0v) is 14.4. The first-order chi connectivity index (χ1) is 9.83. The molecule has 0 saturated carbocycles. The Morgan fingerprint density at radius 3 is 2.71 bits per heavy atom. The maximum Gasteiger partial charge on any atom is 0.264 e. The number of sulfonamides is 1. The Labute approximate surface area is 132 Å². The van der Waals surface area contributed by atoms with Crippen molar-refractivity contribution in [1.82, 2.24) is 14.9 Å². The SMILES string of the molecule is CNCc1cc(S(=O)(=O)Nc2ccc(Br)c(C)n2)cn1C. The van der Waals surface area contributed by atoms with E-state index in [0.29, 0.717) is 12.4 Å². The summed E-state index contributed by atoms with van der Waals surface area (Å²) in [5, 5.41) is 3.00. The minimum atomic E-state index is -3.64. The lowest BCUT2D eigenvalue weighted by atomic mass is 10.4. The van der Waals surface area contributed by atoms with Gasteiger partial charge in [-0.25, -0.2) is 13.4 Å². The molecule has 2 heterocycles. The van der Waals surface area contributed by atoms with E-state index in [9.17, 15) is 8.42 Å². The fourth-order valence-electron chi connectivity index (χ4n) is 1.88. The third kappa shape index (κ3) is 3.63. The number of rotatable bonds is 5. The van der Waals surface area contributed by atoms with Crippen LogP contribution in [0.2, 0.25) is 0 Å². The van der Waals surface area contributed by atoms with Crippen molar-refractivity contribution in [3.05, 3.63) is 40.3 Å². The molecule has 2 rings (SSSR count). The predicted octanol–water partition coefficient (Wildman–Crippen LogP) is 2.01. The zero-order valence-electron chi connectivity index (χ0n) is 12.0. The van der Waals surface area contributed by atoms with Crippen LogP contribution in [0.4, 0.5) is 5.82 Å². The molecule has 0 aliphatic heterocycles. The van der Waals surface area contributed by atoms with E-state index in [-0.39, 0.29) is 4.90 Å². The molecule has 21 heavy (non-hydrogen) atoms. The van der Waals surface area contributed by atoms with Crippen LogP contribution in [-0.4, -0.2) is 25.0 Å². The molecule has 8 heteroatoms. The molecule has 0 unspecified atom stereocenters. The molecule has 0 saturated heterocycles. The van der Waals surface area contributed by atoms with E-state index < -0.39 is 10.0 Å². The maximum absolute atomic E-state index is 12.4. The highest BCUT2D eigenvalue weighted by Gasteiger charge is 2.18. The average Bonchev–Trinajstić information content (AvgIpc) is 2.77. The molecule has 2 N–H and O–H groups in total. The summed E-state index contributed by atoms with van der Waals surface area (Å²) >= 11 is 3.33. The van der Waals surface area contributed by atoms with E-state index in [1.54, 1.807) is 35.9 Å². The van der Waals surface area contributed by atoms with Gasteiger partial charge < -0.3 is 9.88 Å². The number of hydrogen-bond acceptors (Lipinski definition) is 4. The molecule has 0 spiro atoms. The first-order valence-electron chi connectivity index (χ1n) is 6.29. The van der Waals surface area contributed by atoms with E-state index in [2.05, 4.69) is 31.0 Å². The van der Waals surface area contributed by atoms with Crippen molar-refractivity contribution in [2.75, 3.05) is 11.8 Å². The van der Waals surface area contributed by atoms with Crippen molar-refractivity contribution in [2.45, 2.75) is 18.4 Å². The van der Waals surface area contributed by atoms with Gasteiger partial charge in [-0.2, -0.15) is 0 Å². The van der Waals surface area contributed by atoms with Gasteiger partial charge in [-0.15, -0.1) is 0 Å². The van der Waals surface area contributed by atoms with Crippen molar-refractivity contribution < 1.29 is 8.42 Å². The van der Waals surface area contributed by atoms with Gasteiger partial charge in [-0.3, -0.25) is 4.72 Å². The largest absolute Gasteiger partial charge is 0.352 e. The van der Waals surface area contributed by atoms with Gasteiger partial charge >= 0.3 is 0 Å². The summed E-state index contributed by atoms with van der Waals surface area (Å²) in [6, 6.07) is 5.02. The number of halogens is 1. The van der Waals surface area contributed by atoms with Crippen molar-refractivity contribution in [2.24, 2.45) is 7.05 Å². The van der Waals surface area contributed by atoms with Gasteiger partial charge in [-0.05, 0) is 48.1 Å². The maximum atomic E-state index is 12.4. The van der Waals surface area contributed by atoms with Gasteiger partial charge in [0.25, 0.3) is 10.0 Å². The van der Waals surface area contributed by atoms with Crippen LogP contribution in [0.15, 0.2) is 33.8 Å². The second-order valence-electron chi connectivity index (χ2n) is 4.68. The molecule has 2 aromatic rings. The second-order valence-corrected chi connectivity index (χ2v) is 7.21. The Bertz CT molecular complexity index is 756. The topological polar surface area (TPSA) is 76.0 Å². The number of aryl methyl sites for hydroxylation is 2. The van der Waals surface area contributed by atoms with Crippen molar-refractivity contribution >= 4 is 31.8 Å². The predicted molar refractivity (Wildman–Crippen MR) is 85.7 cm³/mol. The Balaban J connectivity index is 2.29. The van der Waals surface area contributed by atoms with Crippen molar-refractivity contribution in [3.8, 4) is 0 Å². The minimum absolute atomic E-state index is 0.220. The minimum Gasteiger partial charge on any atom is -0.352 e. The third-order valence-electron chi connectivity index (χ3n) is 3.01. The molecular weight excluding hydrogens is 356 g/mol.